The Labute approximate surface area is 160 Å². The van der Waals surface area contributed by atoms with Crippen molar-refractivity contribution < 1.29 is 9.59 Å². The lowest BCUT2D eigenvalue weighted by molar-refractivity contribution is -0.117. The van der Waals surface area contributed by atoms with Gasteiger partial charge in [0, 0.05) is 10.7 Å². The van der Waals surface area contributed by atoms with E-state index < -0.39 is 11.2 Å². The first kappa shape index (κ1) is 18.1. The van der Waals surface area contributed by atoms with Crippen molar-refractivity contribution in [3.05, 3.63) is 75.8 Å². The van der Waals surface area contributed by atoms with Crippen molar-refractivity contribution in [3.8, 4) is 6.07 Å². The lowest BCUT2D eigenvalue weighted by Gasteiger charge is -2.18. The second-order valence-electron chi connectivity index (χ2n) is 5.57. The number of nitriles is 1. The van der Waals surface area contributed by atoms with Crippen LogP contribution in [0.5, 0.6) is 0 Å². The second-order valence-corrected chi connectivity index (χ2v) is 7.17. The lowest BCUT2D eigenvalue weighted by atomic mass is 10.1. The van der Waals surface area contributed by atoms with Crippen LogP contribution in [0, 0.1) is 11.3 Å². The minimum absolute atomic E-state index is 0.217. The molecule has 2 amide bonds. The fraction of sp³-hybridized carbons (Fsp3) is 0.105. The molecule has 0 bridgehead atoms. The van der Waals surface area contributed by atoms with Gasteiger partial charge in [-0.2, -0.15) is 5.26 Å². The van der Waals surface area contributed by atoms with Crippen LogP contribution in [-0.2, 0) is 16.0 Å². The molecule has 1 heterocycles. The van der Waals surface area contributed by atoms with Crippen LogP contribution in [-0.4, -0.2) is 17.1 Å². The number of primary amides is 1. The largest absolute Gasteiger partial charge is 0.365 e. The van der Waals surface area contributed by atoms with Gasteiger partial charge in [-0.25, -0.2) is 0 Å². The van der Waals surface area contributed by atoms with Crippen LogP contribution < -0.4 is 10.6 Å². The standard InChI is InChI=1S/C19H14ClN3O2S/c20-15-9-5-4-6-12(15)10-16-18(25)23(13-7-2-1-3-8-13)19(26-16)14(11-21)17(22)24/h1-9,16H,10H2,(H2,22,24)/b19-14+/t16-/m0/s1. The third-order valence-electron chi connectivity index (χ3n) is 3.90. The molecule has 2 N–H and O–H groups in total. The molecule has 0 radical (unpaired) electrons. The van der Waals surface area contributed by atoms with Gasteiger partial charge in [-0.3, -0.25) is 14.5 Å². The summed E-state index contributed by atoms with van der Waals surface area (Å²) in [6.07, 6.45) is 0.382. The predicted octanol–water partition coefficient (Wildman–Crippen LogP) is 3.25. The van der Waals surface area contributed by atoms with Gasteiger partial charge in [-0.15, -0.1) is 0 Å². The molecular weight excluding hydrogens is 370 g/mol. The minimum Gasteiger partial charge on any atom is -0.365 e. The van der Waals surface area contributed by atoms with E-state index in [0.29, 0.717) is 17.1 Å². The van der Waals surface area contributed by atoms with Crippen molar-refractivity contribution in [2.75, 3.05) is 4.90 Å². The molecule has 1 fully saturated rings. The molecule has 2 aromatic carbocycles. The second kappa shape index (κ2) is 7.65. The number of hydrogen-bond donors (Lipinski definition) is 1. The number of carbonyl (C=O) groups excluding carboxylic acids is 2. The van der Waals surface area contributed by atoms with E-state index in [4.69, 9.17) is 17.3 Å². The van der Waals surface area contributed by atoms with E-state index in [1.54, 1.807) is 30.3 Å². The van der Waals surface area contributed by atoms with E-state index in [-0.39, 0.29) is 16.5 Å². The van der Waals surface area contributed by atoms with Crippen molar-refractivity contribution in [2.24, 2.45) is 5.73 Å². The molecule has 0 saturated carbocycles. The zero-order valence-corrected chi connectivity index (χ0v) is 15.1. The van der Waals surface area contributed by atoms with Gasteiger partial charge in [0.25, 0.3) is 5.91 Å². The maximum atomic E-state index is 13.0. The molecule has 1 aliphatic heterocycles. The summed E-state index contributed by atoms with van der Waals surface area (Å²) in [5.41, 5.74) is 6.52. The Kier molecular flexibility index (Phi) is 5.31. The number of nitrogens with two attached hydrogens (primary N) is 1. The van der Waals surface area contributed by atoms with Crippen LogP contribution in [0.2, 0.25) is 5.02 Å². The van der Waals surface area contributed by atoms with Crippen LogP contribution in [0.25, 0.3) is 0 Å². The molecule has 5 nitrogen and oxygen atoms in total. The van der Waals surface area contributed by atoms with Gasteiger partial charge in [0.2, 0.25) is 5.91 Å². The molecule has 130 valence electrons. The summed E-state index contributed by atoms with van der Waals surface area (Å²) in [5.74, 6) is -1.08. The Balaban J connectivity index is 2.04. The molecule has 1 saturated heterocycles. The van der Waals surface area contributed by atoms with E-state index >= 15 is 0 Å². The van der Waals surface area contributed by atoms with Crippen molar-refractivity contribution >= 4 is 40.9 Å². The summed E-state index contributed by atoms with van der Waals surface area (Å²) in [4.78, 5) is 26.1. The first-order valence-electron chi connectivity index (χ1n) is 7.76. The van der Waals surface area contributed by atoms with Crippen LogP contribution in [0.3, 0.4) is 0 Å². The molecule has 1 atom stereocenters. The number of hydrogen-bond acceptors (Lipinski definition) is 4. The van der Waals surface area contributed by atoms with Crippen molar-refractivity contribution in [1.29, 1.82) is 5.26 Å². The number of carbonyl (C=O) groups is 2. The molecular formula is C19H14ClN3O2S. The van der Waals surface area contributed by atoms with Crippen LogP contribution in [0.1, 0.15) is 5.56 Å². The fourth-order valence-electron chi connectivity index (χ4n) is 2.68. The summed E-state index contributed by atoms with van der Waals surface area (Å²) in [6, 6.07) is 18.0. The summed E-state index contributed by atoms with van der Waals surface area (Å²) in [6.45, 7) is 0. The van der Waals surface area contributed by atoms with Crippen LogP contribution in [0.15, 0.2) is 65.2 Å². The normalized spacial score (nSPS) is 18.5. The highest BCUT2D eigenvalue weighted by molar-refractivity contribution is 8.05. The molecule has 0 aliphatic carbocycles. The van der Waals surface area contributed by atoms with Gasteiger partial charge in [-0.1, -0.05) is 59.8 Å². The first-order valence-corrected chi connectivity index (χ1v) is 9.02. The number of nitrogens with zero attached hydrogens (tertiary/aromatic N) is 2. The zero-order chi connectivity index (χ0) is 18.7. The van der Waals surface area contributed by atoms with Crippen molar-refractivity contribution in [3.63, 3.8) is 0 Å². The number of benzene rings is 2. The Bertz CT molecular complexity index is 937. The van der Waals surface area contributed by atoms with Crippen molar-refractivity contribution in [1.82, 2.24) is 0 Å². The number of amides is 2. The Morgan fingerprint density at radius 3 is 2.46 bits per heavy atom. The van der Waals surface area contributed by atoms with Gasteiger partial charge < -0.3 is 5.73 Å². The molecule has 0 unspecified atom stereocenters. The fourth-order valence-corrected chi connectivity index (χ4v) is 4.19. The smallest absolute Gasteiger partial charge is 0.262 e. The lowest BCUT2D eigenvalue weighted by Crippen LogP contribution is -2.31. The van der Waals surface area contributed by atoms with Crippen molar-refractivity contribution in [2.45, 2.75) is 11.7 Å². The molecule has 0 spiro atoms. The minimum atomic E-state index is -0.859. The van der Waals surface area contributed by atoms with Crippen LogP contribution >= 0.6 is 23.4 Å². The average Bonchev–Trinajstić information content (AvgIpc) is 2.94. The Morgan fingerprint density at radius 1 is 1.19 bits per heavy atom. The molecule has 26 heavy (non-hydrogen) atoms. The number of halogens is 1. The predicted molar refractivity (Wildman–Crippen MR) is 102 cm³/mol. The maximum Gasteiger partial charge on any atom is 0.262 e. The summed E-state index contributed by atoms with van der Waals surface area (Å²) < 4.78 is 0. The zero-order valence-electron chi connectivity index (χ0n) is 13.6. The summed E-state index contributed by atoms with van der Waals surface area (Å²) >= 11 is 7.37. The Hall–Kier alpha value is -2.75. The molecule has 7 heteroatoms. The van der Waals surface area contributed by atoms with Gasteiger partial charge in [0.15, 0.2) is 0 Å². The Morgan fingerprint density at radius 2 is 1.85 bits per heavy atom. The van der Waals surface area contributed by atoms with E-state index in [0.717, 1.165) is 17.3 Å². The molecule has 1 aliphatic rings. The number of anilines is 1. The molecule has 2 aromatic rings. The monoisotopic (exact) mass is 383 g/mol. The van der Waals surface area contributed by atoms with E-state index in [2.05, 4.69) is 0 Å². The highest BCUT2D eigenvalue weighted by Crippen LogP contribution is 2.42. The highest BCUT2D eigenvalue weighted by atomic mass is 35.5. The summed E-state index contributed by atoms with van der Waals surface area (Å²) in [7, 11) is 0. The quantitative estimate of drug-likeness (QED) is 0.648. The average molecular weight is 384 g/mol. The van der Waals surface area contributed by atoms with Gasteiger partial charge >= 0.3 is 0 Å². The molecule has 0 aromatic heterocycles. The molecule has 3 rings (SSSR count). The van der Waals surface area contributed by atoms with E-state index in [9.17, 15) is 14.9 Å². The van der Waals surface area contributed by atoms with E-state index in [1.807, 2.05) is 30.3 Å². The first-order chi connectivity index (χ1) is 12.5. The number of rotatable bonds is 4. The van der Waals surface area contributed by atoms with Gasteiger partial charge in [0.05, 0.1) is 5.25 Å². The van der Waals surface area contributed by atoms with E-state index in [1.165, 1.54) is 4.90 Å². The third-order valence-corrected chi connectivity index (χ3v) is 5.53. The topological polar surface area (TPSA) is 87.2 Å². The maximum absolute atomic E-state index is 13.0. The third kappa shape index (κ3) is 3.45. The summed E-state index contributed by atoms with van der Waals surface area (Å²) in [5, 5.41) is 9.67. The van der Waals surface area contributed by atoms with Gasteiger partial charge in [-0.05, 0) is 30.2 Å². The number of thioether (sulfide) groups is 1. The highest BCUT2D eigenvalue weighted by Gasteiger charge is 2.40. The number of para-hydroxylation sites is 1. The SMILES string of the molecule is N#C/C(C(N)=O)=C1\S[C@@H](Cc2ccccc2Cl)C(=O)N1c1ccccc1. The van der Waals surface area contributed by atoms with Crippen LogP contribution in [0.4, 0.5) is 5.69 Å². The van der Waals surface area contributed by atoms with Gasteiger partial charge in [0.1, 0.15) is 16.7 Å².